The van der Waals surface area contributed by atoms with Gasteiger partial charge in [0.05, 0.1) is 0 Å². The van der Waals surface area contributed by atoms with Crippen LogP contribution < -0.4 is 5.32 Å². The molecule has 1 amide bonds. The summed E-state index contributed by atoms with van der Waals surface area (Å²) in [5.74, 6) is -0.573. The Hall–Kier alpha value is -0.723. The monoisotopic (exact) mass is 247 g/mol. The van der Waals surface area contributed by atoms with E-state index in [0.29, 0.717) is 19.8 Å². The van der Waals surface area contributed by atoms with E-state index in [1.807, 2.05) is 20.4 Å². The summed E-state index contributed by atoms with van der Waals surface area (Å²) in [6.07, 6.45) is 1.05. The number of carbonyl (C=O) groups excluding carboxylic acids is 2. The van der Waals surface area contributed by atoms with Crippen molar-refractivity contribution in [3.05, 3.63) is 0 Å². The van der Waals surface area contributed by atoms with Crippen molar-refractivity contribution in [3.63, 3.8) is 0 Å². The van der Waals surface area contributed by atoms with Crippen molar-refractivity contribution in [3.8, 4) is 0 Å². The maximum Gasteiger partial charge on any atom is 0.334 e. The fraction of sp³-hybridized carbons (Fsp3) is 0.800. The van der Waals surface area contributed by atoms with Crippen LogP contribution in [0.3, 0.4) is 0 Å². The fourth-order valence-corrected chi connectivity index (χ4v) is 3.87. The number of aldehydes is 1. The van der Waals surface area contributed by atoms with Crippen LogP contribution in [-0.4, -0.2) is 40.5 Å². The van der Waals surface area contributed by atoms with Gasteiger partial charge in [0.1, 0.15) is 0 Å². The van der Waals surface area contributed by atoms with E-state index in [0.717, 1.165) is 12.5 Å². The quantitative estimate of drug-likeness (QED) is 0.284. The highest BCUT2D eigenvalue weighted by Gasteiger charge is 2.29. The highest BCUT2D eigenvalue weighted by molar-refractivity contribution is 6.66. The van der Waals surface area contributed by atoms with Gasteiger partial charge in [-0.05, 0) is 32.9 Å². The number of amides is 1. The Morgan fingerprint density at radius 1 is 1.31 bits per heavy atom. The van der Waals surface area contributed by atoms with Crippen molar-refractivity contribution in [2.45, 2.75) is 32.9 Å². The first kappa shape index (κ1) is 15.3. The zero-order valence-corrected chi connectivity index (χ0v) is 11.2. The van der Waals surface area contributed by atoms with Crippen molar-refractivity contribution in [2.75, 3.05) is 19.8 Å². The van der Waals surface area contributed by atoms with E-state index < -0.39 is 14.5 Å². The van der Waals surface area contributed by atoms with Gasteiger partial charge < -0.3 is 14.2 Å². The van der Waals surface area contributed by atoms with Crippen LogP contribution in [0.5, 0.6) is 0 Å². The average molecular weight is 247 g/mol. The fourth-order valence-electron chi connectivity index (χ4n) is 1.46. The van der Waals surface area contributed by atoms with Gasteiger partial charge in [-0.15, -0.1) is 0 Å². The Kier molecular flexibility index (Phi) is 8.05. The molecule has 6 heteroatoms. The van der Waals surface area contributed by atoms with Gasteiger partial charge in [0.15, 0.2) is 0 Å². The van der Waals surface area contributed by atoms with E-state index in [2.05, 4.69) is 5.32 Å². The van der Waals surface area contributed by atoms with Crippen LogP contribution >= 0.6 is 0 Å². The first-order valence-corrected chi connectivity index (χ1v) is 8.11. The molecule has 0 unspecified atom stereocenters. The molecule has 0 saturated heterocycles. The molecule has 16 heavy (non-hydrogen) atoms. The van der Waals surface area contributed by atoms with Crippen LogP contribution in [0.4, 0.5) is 0 Å². The van der Waals surface area contributed by atoms with Crippen LogP contribution in [-0.2, 0) is 18.4 Å². The van der Waals surface area contributed by atoms with Crippen LogP contribution in [0.15, 0.2) is 0 Å². The van der Waals surface area contributed by atoms with E-state index in [4.69, 9.17) is 8.85 Å². The maximum absolute atomic E-state index is 10.7. The molecule has 5 nitrogen and oxygen atoms in total. The van der Waals surface area contributed by atoms with Crippen molar-refractivity contribution < 1.29 is 18.4 Å². The van der Waals surface area contributed by atoms with E-state index in [-0.39, 0.29) is 6.29 Å². The highest BCUT2D eigenvalue weighted by atomic mass is 28.4. The van der Waals surface area contributed by atoms with Crippen molar-refractivity contribution >= 4 is 20.8 Å². The van der Waals surface area contributed by atoms with E-state index in [1.165, 1.54) is 0 Å². The normalized spacial score (nSPS) is 11.2. The predicted molar refractivity (Wildman–Crippen MR) is 63.4 cm³/mol. The van der Waals surface area contributed by atoms with E-state index in [1.54, 1.807) is 0 Å². The van der Waals surface area contributed by atoms with Gasteiger partial charge in [-0.25, -0.2) is 0 Å². The second kappa shape index (κ2) is 8.43. The lowest BCUT2D eigenvalue weighted by Crippen LogP contribution is -2.39. The molecule has 0 radical (unpaired) electrons. The van der Waals surface area contributed by atoms with Gasteiger partial charge in [-0.3, -0.25) is 9.59 Å². The summed E-state index contributed by atoms with van der Waals surface area (Å²) in [5, 5.41) is 2.49. The molecule has 0 aliphatic rings. The zero-order valence-electron chi connectivity index (χ0n) is 10.2. The zero-order chi connectivity index (χ0) is 12.4. The van der Waals surface area contributed by atoms with Crippen LogP contribution in [0.2, 0.25) is 12.6 Å². The van der Waals surface area contributed by atoms with Crippen molar-refractivity contribution in [1.82, 2.24) is 5.32 Å². The third kappa shape index (κ3) is 6.70. The number of hydrogen-bond acceptors (Lipinski definition) is 4. The third-order valence-corrected chi connectivity index (χ3v) is 5.17. The Morgan fingerprint density at radius 3 is 2.31 bits per heavy atom. The first-order chi connectivity index (χ1) is 7.58. The summed E-state index contributed by atoms with van der Waals surface area (Å²) in [4.78, 5) is 20.7. The summed E-state index contributed by atoms with van der Waals surface area (Å²) in [6.45, 7) is 7.67. The van der Waals surface area contributed by atoms with Gasteiger partial charge in [0.25, 0.3) is 5.91 Å². The molecular weight excluding hydrogens is 226 g/mol. The smallest absolute Gasteiger partial charge is 0.334 e. The highest BCUT2D eigenvalue weighted by Crippen LogP contribution is 2.15. The van der Waals surface area contributed by atoms with Gasteiger partial charge in [-0.2, -0.15) is 0 Å². The Bertz CT molecular complexity index is 217. The summed E-state index contributed by atoms with van der Waals surface area (Å²) >= 11 is 0. The van der Waals surface area contributed by atoms with Crippen LogP contribution in [0.1, 0.15) is 20.3 Å². The molecule has 0 heterocycles. The summed E-state index contributed by atoms with van der Waals surface area (Å²) in [7, 11) is -2.07. The van der Waals surface area contributed by atoms with E-state index >= 15 is 0 Å². The molecule has 0 aromatic heterocycles. The van der Waals surface area contributed by atoms with Crippen LogP contribution in [0.25, 0.3) is 0 Å². The molecule has 0 saturated carbocycles. The second-order valence-corrected chi connectivity index (χ2v) is 6.86. The number of rotatable bonds is 9. The average Bonchev–Trinajstić information content (AvgIpc) is 2.25. The summed E-state index contributed by atoms with van der Waals surface area (Å²) in [5.41, 5.74) is 0. The maximum atomic E-state index is 10.7. The number of carbonyl (C=O) groups is 2. The van der Waals surface area contributed by atoms with Gasteiger partial charge in [-0.1, -0.05) is 0 Å². The first-order valence-electron chi connectivity index (χ1n) is 5.59. The molecule has 0 spiro atoms. The summed E-state index contributed by atoms with van der Waals surface area (Å²) in [6, 6.07) is 0.813. The molecule has 0 fully saturated rings. The van der Waals surface area contributed by atoms with Crippen LogP contribution in [0, 0.1) is 0 Å². The number of nitrogens with one attached hydrogen (secondary N) is 1. The Labute approximate surface area is 97.8 Å². The molecule has 0 bridgehead atoms. The lowest BCUT2D eigenvalue weighted by Gasteiger charge is -2.25. The minimum Gasteiger partial charge on any atom is -0.395 e. The standard InChI is InChI=1S/C10H21NO4Si/c1-4-14-16(3,15-5-2)8-6-7-11-10(13)9-12/h9H,4-8H2,1-3H3,(H,11,13). The topological polar surface area (TPSA) is 64.6 Å². The Balaban J connectivity index is 3.84. The molecular formula is C10H21NO4Si. The SMILES string of the molecule is CCO[Si](C)(CCCNC(=O)C=O)OCC. The summed E-state index contributed by atoms with van der Waals surface area (Å²) < 4.78 is 11.3. The Morgan fingerprint density at radius 2 is 1.88 bits per heavy atom. The van der Waals surface area contributed by atoms with E-state index in [9.17, 15) is 9.59 Å². The molecule has 0 aliphatic heterocycles. The largest absolute Gasteiger partial charge is 0.395 e. The molecule has 0 aromatic rings. The minimum atomic E-state index is -2.07. The predicted octanol–water partition coefficient (Wildman–Crippen LogP) is 0.837. The van der Waals surface area contributed by atoms with Crippen molar-refractivity contribution in [1.29, 1.82) is 0 Å². The molecule has 0 aliphatic carbocycles. The molecule has 0 atom stereocenters. The molecule has 0 aromatic carbocycles. The number of hydrogen-bond donors (Lipinski definition) is 1. The van der Waals surface area contributed by atoms with Gasteiger partial charge in [0.2, 0.25) is 6.29 Å². The third-order valence-electron chi connectivity index (χ3n) is 2.11. The minimum absolute atomic E-state index is 0.279. The molecule has 94 valence electrons. The molecule has 0 rings (SSSR count). The van der Waals surface area contributed by atoms with Crippen molar-refractivity contribution in [2.24, 2.45) is 0 Å². The lowest BCUT2D eigenvalue weighted by molar-refractivity contribution is -0.131. The lowest BCUT2D eigenvalue weighted by atomic mass is 10.5. The molecule has 1 N–H and O–H groups in total. The second-order valence-electron chi connectivity index (χ2n) is 3.51. The van der Waals surface area contributed by atoms with Gasteiger partial charge >= 0.3 is 8.56 Å². The van der Waals surface area contributed by atoms with Gasteiger partial charge in [0, 0.05) is 19.8 Å².